The third-order valence-corrected chi connectivity index (χ3v) is 7.19. The zero-order chi connectivity index (χ0) is 25.0. The highest BCUT2D eigenvalue weighted by Crippen LogP contribution is 2.33. The minimum atomic E-state index is -3.62. The van der Waals surface area contributed by atoms with Crippen LogP contribution in [0, 0.1) is 0 Å². The highest BCUT2D eigenvalue weighted by molar-refractivity contribution is 7.89. The van der Waals surface area contributed by atoms with E-state index in [1.54, 1.807) is 19.2 Å². The van der Waals surface area contributed by atoms with Crippen molar-refractivity contribution in [1.29, 1.82) is 0 Å². The zero-order valence-electron chi connectivity index (χ0n) is 19.6. The Kier molecular flexibility index (Phi) is 7.17. The fourth-order valence-electron chi connectivity index (χ4n) is 3.41. The van der Waals surface area contributed by atoms with Crippen LogP contribution in [0.4, 0.5) is 6.01 Å². The van der Waals surface area contributed by atoms with Gasteiger partial charge in [-0.05, 0) is 49.7 Å². The molecule has 0 aliphatic heterocycles. The summed E-state index contributed by atoms with van der Waals surface area (Å²) in [6.45, 7) is 4.80. The number of para-hydroxylation sites is 1. The van der Waals surface area contributed by atoms with Crippen molar-refractivity contribution in [2.45, 2.75) is 31.6 Å². The van der Waals surface area contributed by atoms with Crippen molar-refractivity contribution < 1.29 is 26.8 Å². The standard InChI is InChI=1S/C24H26N4O6S/c1-4-6-14-28(3)35(30,31)18-12-10-16(11-13-18)22(29)25-24-27-26-23(34-24)20-15-17-8-7-9-19(32-5-2)21(17)33-20/h7-13,15H,4-6,14H2,1-3H3,(H,25,27,29). The van der Waals surface area contributed by atoms with Crippen LogP contribution in [0.25, 0.3) is 22.6 Å². The fourth-order valence-corrected chi connectivity index (χ4v) is 4.62. The van der Waals surface area contributed by atoms with E-state index in [2.05, 4.69) is 15.5 Å². The molecule has 1 amide bonds. The molecule has 0 unspecified atom stereocenters. The van der Waals surface area contributed by atoms with Crippen molar-refractivity contribution >= 4 is 32.9 Å². The third-order valence-electron chi connectivity index (χ3n) is 5.32. The lowest BCUT2D eigenvalue weighted by Gasteiger charge is -2.16. The summed E-state index contributed by atoms with van der Waals surface area (Å²) >= 11 is 0. The smallest absolute Gasteiger partial charge is 0.322 e. The molecule has 0 spiro atoms. The van der Waals surface area contributed by atoms with E-state index in [0.717, 1.165) is 18.2 Å². The molecule has 4 rings (SSSR count). The number of hydrogen-bond donors (Lipinski definition) is 1. The van der Waals surface area contributed by atoms with Crippen molar-refractivity contribution in [3.63, 3.8) is 0 Å². The molecule has 0 fully saturated rings. The SMILES string of the molecule is CCCCN(C)S(=O)(=O)c1ccc(C(=O)Nc2nnc(-c3cc4cccc(OCC)c4o3)o2)cc1. The summed E-state index contributed by atoms with van der Waals surface area (Å²) in [4.78, 5) is 12.7. The Balaban J connectivity index is 1.47. The molecular weight excluding hydrogens is 472 g/mol. The van der Waals surface area contributed by atoms with Gasteiger partial charge in [0, 0.05) is 24.5 Å². The van der Waals surface area contributed by atoms with Crippen molar-refractivity contribution in [3.05, 3.63) is 54.1 Å². The molecule has 11 heteroatoms. The first kappa shape index (κ1) is 24.4. The van der Waals surface area contributed by atoms with Gasteiger partial charge in [0.25, 0.3) is 11.8 Å². The molecule has 1 N–H and O–H groups in total. The number of aromatic nitrogens is 2. The monoisotopic (exact) mass is 498 g/mol. The summed E-state index contributed by atoms with van der Waals surface area (Å²) in [5.41, 5.74) is 0.800. The molecule has 0 radical (unpaired) electrons. The summed E-state index contributed by atoms with van der Waals surface area (Å²) < 4.78 is 43.6. The topological polar surface area (TPSA) is 128 Å². The Bertz CT molecular complexity index is 1430. The Hall–Kier alpha value is -3.70. The van der Waals surface area contributed by atoms with Crippen LogP contribution in [-0.4, -0.2) is 49.0 Å². The van der Waals surface area contributed by atoms with Crippen molar-refractivity contribution in [3.8, 4) is 17.4 Å². The Morgan fingerprint density at radius 1 is 1.09 bits per heavy atom. The number of carbonyl (C=O) groups is 1. The predicted molar refractivity (Wildman–Crippen MR) is 130 cm³/mol. The van der Waals surface area contributed by atoms with Crippen molar-refractivity contribution in [2.24, 2.45) is 0 Å². The molecule has 0 aliphatic rings. The molecule has 0 saturated carbocycles. The van der Waals surface area contributed by atoms with Crippen LogP contribution in [0.15, 0.2) is 62.3 Å². The van der Waals surface area contributed by atoms with Crippen LogP contribution in [0.3, 0.4) is 0 Å². The quantitative estimate of drug-likeness (QED) is 0.337. The number of amides is 1. The maximum Gasteiger partial charge on any atom is 0.322 e. The normalized spacial score (nSPS) is 11.8. The molecule has 2 aromatic carbocycles. The number of carbonyl (C=O) groups excluding carboxylic acids is 1. The average molecular weight is 499 g/mol. The molecular formula is C24H26N4O6S. The van der Waals surface area contributed by atoms with E-state index in [1.165, 1.54) is 28.6 Å². The van der Waals surface area contributed by atoms with Gasteiger partial charge < -0.3 is 13.6 Å². The lowest BCUT2D eigenvalue weighted by Crippen LogP contribution is -2.28. The van der Waals surface area contributed by atoms with Gasteiger partial charge >= 0.3 is 6.01 Å². The lowest BCUT2D eigenvalue weighted by atomic mass is 10.2. The van der Waals surface area contributed by atoms with E-state index in [1.807, 2.05) is 26.0 Å². The number of fused-ring (bicyclic) bond motifs is 1. The number of hydrogen-bond acceptors (Lipinski definition) is 8. The van der Waals surface area contributed by atoms with Crippen LogP contribution >= 0.6 is 0 Å². The first-order valence-corrected chi connectivity index (χ1v) is 12.6. The molecule has 2 aromatic heterocycles. The predicted octanol–water partition coefficient (Wildman–Crippen LogP) is 4.55. The summed E-state index contributed by atoms with van der Waals surface area (Å²) in [5, 5.41) is 11.1. The second-order valence-electron chi connectivity index (χ2n) is 7.79. The summed E-state index contributed by atoms with van der Waals surface area (Å²) in [5.74, 6) is 0.510. The van der Waals surface area contributed by atoms with E-state index < -0.39 is 15.9 Å². The summed E-state index contributed by atoms with van der Waals surface area (Å²) in [6, 6.07) is 12.8. The second kappa shape index (κ2) is 10.3. The molecule has 10 nitrogen and oxygen atoms in total. The number of rotatable bonds is 10. The molecule has 184 valence electrons. The van der Waals surface area contributed by atoms with Gasteiger partial charge in [-0.25, -0.2) is 12.7 Å². The van der Waals surface area contributed by atoms with Crippen LogP contribution in [-0.2, 0) is 10.0 Å². The van der Waals surface area contributed by atoms with E-state index >= 15 is 0 Å². The van der Waals surface area contributed by atoms with Crippen LogP contribution in [0.2, 0.25) is 0 Å². The van der Waals surface area contributed by atoms with Gasteiger partial charge in [-0.15, -0.1) is 5.10 Å². The number of sulfonamides is 1. The van der Waals surface area contributed by atoms with Crippen LogP contribution in [0.5, 0.6) is 5.75 Å². The van der Waals surface area contributed by atoms with Gasteiger partial charge in [0.15, 0.2) is 17.1 Å². The number of nitrogens with one attached hydrogen (secondary N) is 1. The second-order valence-corrected chi connectivity index (χ2v) is 9.83. The van der Waals surface area contributed by atoms with Crippen LogP contribution in [0.1, 0.15) is 37.0 Å². The van der Waals surface area contributed by atoms with Crippen molar-refractivity contribution in [1.82, 2.24) is 14.5 Å². The Morgan fingerprint density at radius 2 is 1.86 bits per heavy atom. The molecule has 0 bridgehead atoms. The average Bonchev–Trinajstić information content (AvgIpc) is 3.50. The molecule has 0 atom stereocenters. The number of benzene rings is 2. The number of anilines is 1. The van der Waals surface area contributed by atoms with E-state index in [4.69, 9.17) is 13.6 Å². The van der Waals surface area contributed by atoms with Gasteiger partial charge in [0.1, 0.15) is 0 Å². The molecule has 35 heavy (non-hydrogen) atoms. The van der Waals surface area contributed by atoms with Gasteiger partial charge in [-0.2, -0.15) is 0 Å². The van der Waals surface area contributed by atoms with Gasteiger partial charge in [-0.1, -0.05) is 30.6 Å². The first-order valence-electron chi connectivity index (χ1n) is 11.2. The minimum Gasteiger partial charge on any atom is -0.490 e. The Morgan fingerprint density at radius 3 is 2.57 bits per heavy atom. The molecule has 4 aromatic rings. The molecule has 0 saturated heterocycles. The molecule has 0 aliphatic carbocycles. The number of unbranched alkanes of at least 4 members (excludes halogenated alkanes) is 1. The van der Waals surface area contributed by atoms with E-state index in [-0.39, 0.29) is 22.4 Å². The fraction of sp³-hybridized carbons (Fsp3) is 0.292. The van der Waals surface area contributed by atoms with Gasteiger partial charge in [0.2, 0.25) is 10.0 Å². The summed E-state index contributed by atoms with van der Waals surface area (Å²) in [7, 11) is -2.08. The maximum atomic E-state index is 12.6. The first-order chi connectivity index (χ1) is 16.8. The highest BCUT2D eigenvalue weighted by Gasteiger charge is 2.21. The Labute approximate surface area is 202 Å². The third kappa shape index (κ3) is 5.20. The largest absolute Gasteiger partial charge is 0.490 e. The van der Waals surface area contributed by atoms with Gasteiger partial charge in [0.05, 0.1) is 11.5 Å². The maximum absolute atomic E-state index is 12.6. The van der Waals surface area contributed by atoms with E-state index in [0.29, 0.717) is 30.2 Å². The minimum absolute atomic E-state index is 0.0931. The number of furan rings is 1. The van der Waals surface area contributed by atoms with Gasteiger partial charge in [-0.3, -0.25) is 10.1 Å². The van der Waals surface area contributed by atoms with E-state index in [9.17, 15) is 13.2 Å². The highest BCUT2D eigenvalue weighted by atomic mass is 32.2. The number of ether oxygens (including phenoxy) is 1. The zero-order valence-corrected chi connectivity index (χ0v) is 20.5. The number of nitrogens with zero attached hydrogens (tertiary/aromatic N) is 3. The summed E-state index contributed by atoms with van der Waals surface area (Å²) in [6.07, 6.45) is 1.66. The van der Waals surface area contributed by atoms with Crippen molar-refractivity contribution in [2.75, 3.05) is 25.5 Å². The van der Waals surface area contributed by atoms with Crippen LogP contribution < -0.4 is 10.1 Å². The lowest BCUT2D eigenvalue weighted by molar-refractivity contribution is 0.102. The molecule has 2 heterocycles.